The molecule has 0 saturated carbocycles. The van der Waals surface area contributed by atoms with Crippen molar-refractivity contribution in [2.24, 2.45) is 0 Å². The SMILES string of the molecule is CCCCC/C=C\C/C=C\C/C=C\C/C=C\C/C=C\CCC(=O)OCC(COP(=O)(O)OCCN(C)C)OC(=O)CCCCCCCCCCCCCC. The van der Waals surface area contributed by atoms with Gasteiger partial charge in [0.1, 0.15) is 6.61 Å². The highest BCUT2D eigenvalue weighted by molar-refractivity contribution is 7.47. The van der Waals surface area contributed by atoms with E-state index in [1.54, 1.807) is 4.90 Å². The van der Waals surface area contributed by atoms with Gasteiger partial charge in [0.05, 0.1) is 13.2 Å². The lowest BCUT2D eigenvalue weighted by atomic mass is 10.0. The number of hydrogen-bond donors (Lipinski definition) is 1. The van der Waals surface area contributed by atoms with Gasteiger partial charge in [-0.05, 0) is 65.5 Å². The van der Waals surface area contributed by atoms with Gasteiger partial charge in [0.2, 0.25) is 0 Å². The summed E-state index contributed by atoms with van der Waals surface area (Å²) in [7, 11) is -0.744. The summed E-state index contributed by atoms with van der Waals surface area (Å²) in [5, 5.41) is 0. The number of hydrogen-bond acceptors (Lipinski definition) is 8. The minimum absolute atomic E-state index is 0.00485. The van der Waals surface area contributed by atoms with Crippen molar-refractivity contribution in [1.82, 2.24) is 4.90 Å². The van der Waals surface area contributed by atoms with Crippen LogP contribution in [-0.2, 0) is 32.7 Å². The van der Waals surface area contributed by atoms with Gasteiger partial charge in [-0.3, -0.25) is 18.6 Å². The molecule has 10 heteroatoms. The Labute approximate surface area is 330 Å². The third-order valence-corrected chi connectivity index (χ3v) is 9.57. The van der Waals surface area contributed by atoms with Crippen LogP contribution >= 0.6 is 7.82 Å². The Hall–Kier alpha value is -2.29. The number of rotatable bonds is 38. The molecule has 54 heavy (non-hydrogen) atoms. The molecule has 0 heterocycles. The Bertz CT molecular complexity index is 1080. The molecule has 0 aliphatic heterocycles. The first-order valence-electron chi connectivity index (χ1n) is 21.1. The minimum Gasteiger partial charge on any atom is -0.462 e. The molecule has 1 N–H and O–H groups in total. The molecule has 9 nitrogen and oxygen atoms in total. The molecule has 0 spiro atoms. The van der Waals surface area contributed by atoms with Crippen LogP contribution in [-0.4, -0.2) is 68.3 Å². The second-order valence-electron chi connectivity index (χ2n) is 14.2. The molecule has 0 radical (unpaired) electrons. The largest absolute Gasteiger partial charge is 0.472 e. The van der Waals surface area contributed by atoms with E-state index in [9.17, 15) is 19.0 Å². The van der Waals surface area contributed by atoms with Crippen LogP contribution in [0.25, 0.3) is 0 Å². The van der Waals surface area contributed by atoms with Crippen LogP contribution in [0.5, 0.6) is 0 Å². The number of likely N-dealkylation sites (N-methyl/N-ethyl adjacent to an activating group) is 1. The first-order valence-corrected chi connectivity index (χ1v) is 22.6. The Morgan fingerprint density at radius 3 is 1.56 bits per heavy atom. The predicted molar refractivity (Wildman–Crippen MR) is 224 cm³/mol. The van der Waals surface area contributed by atoms with Crippen LogP contribution < -0.4 is 0 Å². The van der Waals surface area contributed by atoms with E-state index >= 15 is 0 Å². The lowest BCUT2D eigenvalue weighted by Crippen LogP contribution is -2.29. The summed E-state index contributed by atoms with van der Waals surface area (Å²) in [6.07, 6.45) is 44.2. The van der Waals surface area contributed by atoms with E-state index < -0.39 is 32.5 Å². The Balaban J connectivity index is 4.43. The number of allylic oxidation sites excluding steroid dienone is 10. The van der Waals surface area contributed by atoms with Gasteiger partial charge in [-0.1, -0.05) is 158 Å². The van der Waals surface area contributed by atoms with E-state index in [-0.39, 0.29) is 26.1 Å². The van der Waals surface area contributed by atoms with Crippen molar-refractivity contribution in [1.29, 1.82) is 0 Å². The van der Waals surface area contributed by atoms with Crippen molar-refractivity contribution in [3.05, 3.63) is 60.8 Å². The molecular formula is C44H78NO8P. The van der Waals surface area contributed by atoms with Crippen LogP contribution in [0.1, 0.15) is 162 Å². The van der Waals surface area contributed by atoms with Crippen molar-refractivity contribution < 1.29 is 37.6 Å². The van der Waals surface area contributed by atoms with Crippen molar-refractivity contribution in [3.8, 4) is 0 Å². The van der Waals surface area contributed by atoms with Crippen LogP contribution in [0, 0.1) is 0 Å². The molecular weight excluding hydrogens is 701 g/mol. The summed E-state index contributed by atoms with van der Waals surface area (Å²) in [6.45, 7) is 4.19. The van der Waals surface area contributed by atoms with E-state index in [4.69, 9.17) is 18.5 Å². The zero-order chi connectivity index (χ0) is 39.8. The molecule has 0 bridgehead atoms. The fraction of sp³-hybridized carbons (Fsp3) is 0.727. The van der Waals surface area contributed by atoms with Crippen LogP contribution in [0.4, 0.5) is 0 Å². The monoisotopic (exact) mass is 780 g/mol. The van der Waals surface area contributed by atoms with Crippen LogP contribution in [0.15, 0.2) is 60.8 Å². The molecule has 2 atom stereocenters. The quantitative estimate of drug-likeness (QED) is 0.0283. The maximum absolute atomic E-state index is 12.6. The molecule has 312 valence electrons. The molecule has 0 aromatic heterocycles. The smallest absolute Gasteiger partial charge is 0.462 e. The van der Waals surface area contributed by atoms with E-state index in [1.807, 2.05) is 26.2 Å². The van der Waals surface area contributed by atoms with Crippen molar-refractivity contribution >= 4 is 19.8 Å². The Morgan fingerprint density at radius 1 is 0.574 bits per heavy atom. The summed E-state index contributed by atoms with van der Waals surface area (Å²) >= 11 is 0. The first kappa shape index (κ1) is 51.7. The van der Waals surface area contributed by atoms with Crippen molar-refractivity contribution in [2.75, 3.05) is 40.5 Å². The molecule has 0 aliphatic carbocycles. The lowest BCUT2D eigenvalue weighted by Gasteiger charge is -2.20. The molecule has 0 rings (SSSR count). The third-order valence-electron chi connectivity index (χ3n) is 8.59. The predicted octanol–water partition coefficient (Wildman–Crippen LogP) is 11.9. The Morgan fingerprint density at radius 2 is 1.04 bits per heavy atom. The summed E-state index contributed by atoms with van der Waals surface area (Å²) in [6, 6.07) is 0. The van der Waals surface area contributed by atoms with Crippen LogP contribution in [0.3, 0.4) is 0 Å². The van der Waals surface area contributed by atoms with Gasteiger partial charge in [0.15, 0.2) is 6.10 Å². The highest BCUT2D eigenvalue weighted by Crippen LogP contribution is 2.43. The minimum atomic E-state index is -4.37. The van der Waals surface area contributed by atoms with E-state index in [1.165, 1.54) is 77.0 Å². The van der Waals surface area contributed by atoms with E-state index in [2.05, 4.69) is 62.5 Å². The lowest BCUT2D eigenvalue weighted by molar-refractivity contribution is -0.161. The molecule has 0 aliphatic rings. The molecule has 0 aromatic rings. The number of phosphoric ester groups is 1. The maximum Gasteiger partial charge on any atom is 0.472 e. The summed E-state index contributed by atoms with van der Waals surface area (Å²) in [5.41, 5.74) is 0. The summed E-state index contributed by atoms with van der Waals surface area (Å²) in [5.74, 6) is -0.901. The molecule has 0 aromatic carbocycles. The van der Waals surface area contributed by atoms with Crippen LogP contribution in [0.2, 0.25) is 0 Å². The van der Waals surface area contributed by atoms with Gasteiger partial charge in [0, 0.05) is 19.4 Å². The Kier molecular flexibility index (Phi) is 37.3. The molecule has 2 unspecified atom stereocenters. The summed E-state index contributed by atoms with van der Waals surface area (Å²) in [4.78, 5) is 36.9. The average Bonchev–Trinajstić information content (AvgIpc) is 3.13. The second kappa shape index (κ2) is 39.0. The normalized spacial score (nSPS) is 14.0. The van der Waals surface area contributed by atoms with Gasteiger partial charge in [-0.25, -0.2) is 4.57 Å². The number of carbonyl (C=O) groups is 2. The first-order chi connectivity index (χ1) is 26.2. The van der Waals surface area contributed by atoms with Gasteiger partial charge in [-0.15, -0.1) is 0 Å². The summed E-state index contributed by atoms with van der Waals surface area (Å²) < 4.78 is 33.3. The highest BCUT2D eigenvalue weighted by atomic mass is 31.2. The molecule has 0 amide bonds. The van der Waals surface area contributed by atoms with E-state index in [0.717, 1.165) is 44.9 Å². The average molecular weight is 780 g/mol. The number of esters is 2. The van der Waals surface area contributed by atoms with Crippen molar-refractivity contribution in [3.63, 3.8) is 0 Å². The zero-order valence-electron chi connectivity index (χ0n) is 34.6. The second-order valence-corrected chi connectivity index (χ2v) is 15.6. The van der Waals surface area contributed by atoms with Gasteiger partial charge < -0.3 is 19.3 Å². The maximum atomic E-state index is 12.6. The molecule has 0 saturated heterocycles. The van der Waals surface area contributed by atoms with Gasteiger partial charge >= 0.3 is 19.8 Å². The van der Waals surface area contributed by atoms with Crippen molar-refractivity contribution in [2.45, 2.75) is 168 Å². The topological polar surface area (TPSA) is 112 Å². The zero-order valence-corrected chi connectivity index (χ0v) is 35.5. The third kappa shape index (κ3) is 39.4. The number of phosphoric acid groups is 1. The standard InChI is InChI=1S/C44H78NO8P/c1-5-7-9-11-13-15-17-19-20-21-22-23-24-25-27-28-30-32-34-36-43(46)50-40-42(41-52-54(48,49)51-39-38-45(3)4)53-44(47)37-35-33-31-29-26-18-16-14-12-10-8-6-2/h13,15,19-20,22-23,25,27,30,32,42H,5-12,14,16-18,21,24,26,28-29,31,33-41H2,1-4H3,(H,48,49)/b15-13-,20-19-,23-22-,27-25-,32-30-. The number of nitrogens with zero attached hydrogens (tertiary/aromatic N) is 1. The number of carbonyl (C=O) groups excluding carboxylic acids is 2. The molecule has 0 fully saturated rings. The fourth-order valence-corrected chi connectivity index (χ4v) is 6.06. The van der Waals surface area contributed by atoms with Gasteiger partial charge in [0.25, 0.3) is 0 Å². The number of ether oxygens (including phenoxy) is 2. The van der Waals surface area contributed by atoms with Gasteiger partial charge in [-0.2, -0.15) is 0 Å². The number of unbranched alkanes of at least 4 members (excludes halogenated alkanes) is 14. The van der Waals surface area contributed by atoms with E-state index in [0.29, 0.717) is 19.4 Å². The fourth-order valence-electron chi connectivity index (χ4n) is 5.32. The highest BCUT2D eigenvalue weighted by Gasteiger charge is 2.26.